The van der Waals surface area contributed by atoms with Crippen LogP contribution in [0.2, 0.25) is 0 Å². The van der Waals surface area contributed by atoms with Crippen molar-refractivity contribution in [1.82, 2.24) is 38.7 Å². The van der Waals surface area contributed by atoms with Gasteiger partial charge >= 0.3 is 12.4 Å². The Bertz CT molecular complexity index is 5480. The number of likely N-dealkylation sites (N-methyl/N-ethyl adjacent to an activating group) is 2. The third-order valence-corrected chi connectivity index (χ3v) is 17.1. The summed E-state index contributed by atoms with van der Waals surface area (Å²) in [7, 11) is 0. The lowest BCUT2D eigenvalue weighted by Gasteiger charge is -2.33. The van der Waals surface area contributed by atoms with Gasteiger partial charge in [-0.15, -0.1) is 0 Å². The van der Waals surface area contributed by atoms with E-state index in [0.717, 1.165) is 80.4 Å². The Labute approximate surface area is 603 Å². The number of carbonyl (C=O) groups excluding carboxylic acids is 2. The average Bonchev–Trinajstić information content (AvgIpc) is 1.52. The van der Waals surface area contributed by atoms with E-state index >= 15 is 0 Å². The topological polar surface area (TPSA) is 117 Å². The highest BCUT2D eigenvalue weighted by Crippen LogP contribution is 2.36. The van der Waals surface area contributed by atoms with Crippen molar-refractivity contribution < 1.29 is 83.1 Å². The van der Waals surface area contributed by atoms with Gasteiger partial charge < -0.3 is 28.7 Å². The van der Waals surface area contributed by atoms with Crippen LogP contribution in [0, 0.1) is 18.6 Å². The van der Waals surface area contributed by atoms with Crippen molar-refractivity contribution in [3.05, 3.63) is 233 Å². The summed E-state index contributed by atoms with van der Waals surface area (Å²) in [6.45, 7) is -11.3. The zero-order chi connectivity index (χ0) is 93.7. The minimum Gasteiger partial charge on any atom is -0.336 e. The molecule has 22 heteroatoms. The lowest BCUT2D eigenvalue weighted by Crippen LogP contribution is -2.42. The van der Waals surface area contributed by atoms with Crippen molar-refractivity contribution in [2.24, 2.45) is 0 Å². The van der Waals surface area contributed by atoms with Crippen LogP contribution in [0.15, 0.2) is 159 Å². The van der Waals surface area contributed by atoms with Crippen molar-refractivity contribution in [1.29, 1.82) is 0 Å². The van der Waals surface area contributed by atoms with E-state index in [1.807, 2.05) is 0 Å². The monoisotopic (exact) mass is 1390 g/mol. The Kier molecular flexibility index (Phi) is 14.9. The van der Waals surface area contributed by atoms with E-state index < -0.39 is 247 Å². The van der Waals surface area contributed by atoms with Gasteiger partial charge in [0.25, 0.3) is 11.1 Å². The normalized spacial score (nSPS) is 20.0. The average molecular weight is 1390 g/mol. The van der Waals surface area contributed by atoms with E-state index in [-0.39, 0.29) is 45.8 Å². The molecule has 6 aromatic carbocycles. The molecule has 1 unspecified atom stereocenters. The molecule has 0 aliphatic heterocycles. The molecular formula is C74H80F8N8O4S2. The zero-order valence-electron chi connectivity index (χ0n) is 80.3. The van der Waals surface area contributed by atoms with Gasteiger partial charge in [-0.1, -0.05) is 148 Å². The van der Waals surface area contributed by atoms with E-state index in [9.17, 15) is 58.4 Å². The number of nitrogens with zero attached hydrogens (tertiary/aromatic N) is 8. The van der Waals surface area contributed by atoms with Crippen molar-refractivity contribution in [2.45, 2.75) is 140 Å². The molecule has 2 heterocycles. The second-order valence-corrected chi connectivity index (χ2v) is 23.0. The minimum atomic E-state index is -5.23. The van der Waals surface area contributed by atoms with E-state index in [1.165, 1.54) is 47.9 Å². The fraction of sp³-hybridized carbons (Fsp3) is 0.378. The fourth-order valence-electron chi connectivity index (χ4n) is 9.99. The molecule has 2 amide bonds. The SMILES string of the molecule is [2H]c1c([2H])c(C([2H])([2H])N(CCN(C([2H])([2H])C)C([2H])([2H])C)C(=O)Cn2c(SCc3ccc(F)cc3)nc(=O)c3c2C([2H])([2H])C([2H])([2H])C3([2H])[2H])c([2H])c([2H])c1-c1c([2H])c([2H])c(C(F)(F)F)c(C)c1[2H].[2H]c1c([2H])c(CSc2nc(=O)c3c(n2CC(=O)N(CCN(C([2H])([2H])C)C([2H])([2H])C)C([2H])(C)c2ccc(-c4ccc(C(F)(F)F)cc4)cc2)CCC3)c([2H])c([2H])c1F. The molecule has 96 heavy (non-hydrogen) atoms. The smallest absolute Gasteiger partial charge is 0.336 e. The second kappa shape index (κ2) is 32.9. The third-order valence-electron chi connectivity index (χ3n) is 15.0. The maximum atomic E-state index is 14.9. The lowest BCUT2D eigenvalue weighted by atomic mass is 9.98. The molecular weight excluding hydrogens is 1280 g/mol. The van der Waals surface area contributed by atoms with Gasteiger partial charge in [0.15, 0.2) is 10.3 Å². The molecule has 0 bridgehead atoms. The molecule has 2 aliphatic carbocycles. The first-order chi connectivity index (χ1) is 56.6. The number of alkyl halides is 6. The highest BCUT2D eigenvalue weighted by molar-refractivity contribution is 7.98. The van der Waals surface area contributed by atoms with Crippen LogP contribution in [-0.2, 0) is 78.6 Å². The van der Waals surface area contributed by atoms with Crippen LogP contribution in [0.1, 0.15) is 153 Å². The standard InChI is InChI=1S/2C37H40F4N4O2S/c1-4-43(5-2)21-22-44(25(3)27-11-13-28(14-12-27)29-15-17-30(18-16-29)37(39,40)41)34(46)23-45-33-8-6-7-32(33)35(47)42-36(45)48-24-26-9-19-31(38)20-10-26;1-4-43(5-2)19-20-44(22-26-9-13-28(14-10-26)29-15-18-32(25(3)21-29)37(39,40)41)34(46)23-45-33-8-6-7-31(33)35(47)42-36(45)48-24-27-11-16-30(38)17-12-27/h9-20,25H,4-8,21-24H2,1-3H3;9-18,21H,4-8,19-20,22-24H2,1-3H3/i4D2,5D2,9D,10D,19D,20D,25D;4D2,5D2,6D2,7D2,8D2,9D,10D,13D,14D,15D,18D,21D,22D2. The number of hydrogen-bond acceptors (Lipinski definition) is 10. The Balaban J connectivity index is 0.000000285. The summed E-state index contributed by atoms with van der Waals surface area (Å²) in [5, 5.41) is -0.568. The van der Waals surface area contributed by atoms with Crippen molar-refractivity contribution in [3.63, 3.8) is 0 Å². The first kappa shape index (κ1) is 43.4. The minimum absolute atomic E-state index is 0.000811. The number of carbonyl (C=O) groups is 2. The quantitative estimate of drug-likeness (QED) is 0.0295. The van der Waals surface area contributed by atoms with E-state index in [2.05, 4.69) is 9.97 Å². The predicted molar refractivity (Wildman–Crippen MR) is 363 cm³/mol. The fourth-order valence-corrected chi connectivity index (χ4v) is 11.8. The molecule has 0 spiro atoms. The van der Waals surface area contributed by atoms with E-state index in [1.54, 1.807) is 12.1 Å². The third kappa shape index (κ3) is 18.6. The maximum Gasteiger partial charge on any atom is 0.416 e. The molecule has 508 valence electrons. The second-order valence-electron chi connectivity index (χ2n) is 21.1. The summed E-state index contributed by atoms with van der Waals surface area (Å²) in [5.74, 6) is -4.63. The molecule has 0 N–H and O–H groups in total. The number of hydrogen-bond donors (Lipinski definition) is 0. The van der Waals surface area contributed by atoms with Crippen LogP contribution in [0.4, 0.5) is 35.1 Å². The van der Waals surface area contributed by atoms with Gasteiger partial charge in [-0.3, -0.25) is 19.2 Å². The molecule has 8 aromatic rings. The lowest BCUT2D eigenvalue weighted by molar-refractivity contribution is -0.138. The largest absolute Gasteiger partial charge is 0.416 e. The molecule has 2 aromatic heterocycles. The summed E-state index contributed by atoms with van der Waals surface area (Å²) < 4.78 is 350. The molecule has 10 rings (SSSR count). The van der Waals surface area contributed by atoms with Gasteiger partial charge in [-0.25, -0.2) is 8.78 Å². The van der Waals surface area contributed by atoms with Gasteiger partial charge in [-0.2, -0.15) is 36.3 Å². The van der Waals surface area contributed by atoms with Crippen LogP contribution in [0.25, 0.3) is 22.3 Å². The molecule has 12 nitrogen and oxygen atoms in total. The van der Waals surface area contributed by atoms with Gasteiger partial charge in [-0.05, 0) is 171 Å². The summed E-state index contributed by atoms with van der Waals surface area (Å²) in [6, 6.07) is 1.74. The van der Waals surface area contributed by atoms with Crippen LogP contribution >= 0.6 is 23.5 Å². The van der Waals surface area contributed by atoms with Crippen LogP contribution in [0.5, 0.6) is 0 Å². The summed E-state index contributed by atoms with van der Waals surface area (Å²) in [5.41, 5.74) is -8.39. The van der Waals surface area contributed by atoms with Crippen molar-refractivity contribution in [3.8, 4) is 22.3 Å². The zero-order valence-corrected chi connectivity index (χ0v) is 53.9. The van der Waals surface area contributed by atoms with Crippen LogP contribution in [-0.4, -0.2) is 103 Å². The first-order valence-electron chi connectivity index (χ1n) is 43.4. The van der Waals surface area contributed by atoms with Crippen LogP contribution in [0.3, 0.4) is 0 Å². The predicted octanol–water partition coefficient (Wildman–Crippen LogP) is 15.3. The number of amides is 2. The number of fused-ring (bicyclic) bond motifs is 2. The Hall–Kier alpha value is -7.92. The van der Waals surface area contributed by atoms with Crippen molar-refractivity contribution >= 4 is 35.3 Å². The van der Waals surface area contributed by atoms with Gasteiger partial charge in [0.1, 0.15) is 24.7 Å². The van der Waals surface area contributed by atoms with Crippen LogP contribution < -0.4 is 11.1 Å². The van der Waals surface area contributed by atoms with E-state index in [0.29, 0.717) is 68.4 Å². The first-order valence-corrected chi connectivity index (χ1v) is 31.3. The molecule has 2 aliphatic rings. The van der Waals surface area contributed by atoms with Gasteiger partial charge in [0, 0.05) is 85.9 Å². The van der Waals surface area contributed by atoms with Gasteiger partial charge in [0.05, 0.1) is 36.3 Å². The molecule has 0 saturated heterocycles. The highest BCUT2D eigenvalue weighted by atomic mass is 32.2. The van der Waals surface area contributed by atoms with Crippen molar-refractivity contribution in [2.75, 3.05) is 52.2 Å². The molecule has 0 fully saturated rings. The summed E-state index contributed by atoms with van der Waals surface area (Å²) >= 11 is 1.47. The summed E-state index contributed by atoms with van der Waals surface area (Å²) in [4.78, 5) is 67.0. The highest BCUT2D eigenvalue weighted by Gasteiger charge is 2.34. The Morgan fingerprint density at radius 2 is 1.15 bits per heavy atom. The number of benzene rings is 6. The van der Waals surface area contributed by atoms with Gasteiger partial charge in [0.2, 0.25) is 11.8 Å². The molecule has 0 radical (unpaired) electrons. The summed E-state index contributed by atoms with van der Waals surface area (Å²) in [6.07, 6.45) is -18.8. The number of rotatable bonds is 26. The molecule has 0 saturated carbocycles. The Morgan fingerprint density at radius 3 is 1.74 bits per heavy atom. The molecule has 1 atom stereocenters. The number of halogens is 8. The Morgan fingerprint density at radius 1 is 0.604 bits per heavy atom. The number of aromatic nitrogens is 4. The van der Waals surface area contributed by atoms with E-state index in [4.69, 9.17) is 34.3 Å². The number of thioether (sulfide) groups is 2. The maximum absolute atomic E-state index is 14.9.